The maximum Gasteiger partial charge on any atom is 0.407 e. The number of ether oxygens (including phenoxy) is 4. The van der Waals surface area contributed by atoms with Gasteiger partial charge in [0.05, 0.1) is 59.8 Å². The van der Waals surface area contributed by atoms with Crippen LogP contribution in [0.1, 0.15) is 77.1 Å². The SMILES string of the molecule is COC(=O)N[C@H](C(=O)N1CCCC1c1ncc(-c2ccc(-c3sc(-c4ccc(-c5cnc([C@@H]6CCCN6C(=O)[C@@H](NC(=O)OC)C(C)C)[nH]5)cc4)c4c3OCCO4)cc2)[nH]1)C(C)C. The number of methoxy groups -OCH3 is 2. The lowest BCUT2D eigenvalue weighted by Gasteiger charge is -2.30. The molecule has 4 amide bonds. The van der Waals surface area contributed by atoms with Crippen LogP contribution in [0.2, 0.25) is 0 Å². The van der Waals surface area contributed by atoms with E-state index in [1.54, 1.807) is 33.5 Å². The molecule has 3 aromatic heterocycles. The molecule has 5 aromatic rings. The van der Waals surface area contributed by atoms with Crippen molar-refractivity contribution in [2.75, 3.05) is 40.5 Å². The number of hydrogen-bond donors (Lipinski definition) is 4. The number of fused-ring (bicyclic) bond motifs is 1. The zero-order valence-electron chi connectivity index (χ0n) is 36.4. The average molecular weight is 879 g/mol. The minimum absolute atomic E-state index is 0.118. The van der Waals surface area contributed by atoms with Crippen LogP contribution in [0.25, 0.3) is 43.4 Å². The Hall–Kier alpha value is -6.36. The highest BCUT2D eigenvalue weighted by atomic mass is 32.1. The molecule has 17 heteroatoms. The molecule has 3 aliphatic rings. The number of thiophene rings is 1. The largest absolute Gasteiger partial charge is 0.485 e. The summed E-state index contributed by atoms with van der Waals surface area (Å²) >= 11 is 1.62. The standard InChI is InChI=1S/C46H54N8O8S/c1-25(2)35(51-45(57)59-5)43(55)53-19-7-9-33(53)41-47-23-31(49-41)27-11-15-29(16-12-27)39-37-38(62-22-21-61-37)40(63-39)30-17-13-28(14-18-30)32-24-48-42(50-32)34-10-8-20-54(34)44(56)36(26(3)4)52-46(58)60-6/h11-18,23-26,33-36H,7-10,19-22H2,1-6H3,(H,47,49)(H,48,50)(H,51,57)(H,52,58)/t33-,34?,35-,36-/m0/s1. The molecular weight excluding hydrogens is 825 g/mol. The molecule has 63 heavy (non-hydrogen) atoms. The normalized spacial score (nSPS) is 18.1. The van der Waals surface area contributed by atoms with Gasteiger partial charge in [-0.05, 0) is 59.8 Å². The van der Waals surface area contributed by atoms with Crippen LogP contribution in [0.4, 0.5) is 9.59 Å². The number of likely N-dealkylation sites (tertiary alicyclic amines) is 2. The van der Waals surface area contributed by atoms with E-state index in [2.05, 4.69) is 44.9 Å². The first-order valence-corrected chi connectivity index (χ1v) is 22.3. The van der Waals surface area contributed by atoms with Crippen molar-refractivity contribution in [3.05, 3.63) is 72.6 Å². The van der Waals surface area contributed by atoms with Crippen LogP contribution in [0.3, 0.4) is 0 Å². The Labute approximate surface area is 370 Å². The molecule has 0 spiro atoms. The molecule has 2 aromatic carbocycles. The number of aromatic amines is 2. The van der Waals surface area contributed by atoms with Crippen molar-refractivity contribution in [2.45, 2.75) is 77.5 Å². The maximum absolute atomic E-state index is 13.6. The van der Waals surface area contributed by atoms with Gasteiger partial charge < -0.3 is 49.3 Å². The maximum atomic E-state index is 13.6. The van der Waals surface area contributed by atoms with E-state index in [0.717, 1.165) is 80.6 Å². The number of benzene rings is 2. The fraction of sp³-hybridized carbons (Fsp3) is 0.435. The second-order valence-corrected chi connectivity index (χ2v) is 17.7. The van der Waals surface area contributed by atoms with Crippen LogP contribution in [0.5, 0.6) is 11.5 Å². The lowest BCUT2D eigenvalue weighted by molar-refractivity contribution is -0.136. The molecule has 16 nitrogen and oxygen atoms in total. The molecule has 0 radical (unpaired) electrons. The number of carbonyl (C=O) groups is 4. The summed E-state index contributed by atoms with van der Waals surface area (Å²) < 4.78 is 22.0. The van der Waals surface area contributed by atoms with Gasteiger partial charge in [-0.3, -0.25) is 9.59 Å². The summed E-state index contributed by atoms with van der Waals surface area (Å²) in [5, 5.41) is 5.41. The molecule has 0 saturated carbocycles. The van der Waals surface area contributed by atoms with Crippen LogP contribution < -0.4 is 20.1 Å². The van der Waals surface area contributed by atoms with Crippen molar-refractivity contribution in [3.63, 3.8) is 0 Å². The van der Waals surface area contributed by atoms with Gasteiger partial charge in [-0.25, -0.2) is 19.6 Å². The van der Waals surface area contributed by atoms with Gasteiger partial charge >= 0.3 is 12.2 Å². The number of aromatic nitrogens is 4. The topological polar surface area (TPSA) is 193 Å². The predicted molar refractivity (Wildman–Crippen MR) is 237 cm³/mol. The van der Waals surface area contributed by atoms with E-state index < -0.39 is 24.3 Å². The van der Waals surface area contributed by atoms with Gasteiger partial charge in [0.15, 0.2) is 11.5 Å². The van der Waals surface area contributed by atoms with Crippen LogP contribution in [-0.2, 0) is 19.1 Å². The van der Waals surface area contributed by atoms with Crippen LogP contribution in [-0.4, -0.2) is 106 Å². The molecule has 332 valence electrons. The Balaban J connectivity index is 0.972. The molecule has 2 saturated heterocycles. The molecule has 1 unspecified atom stereocenters. The minimum atomic E-state index is -0.702. The monoisotopic (exact) mass is 878 g/mol. The van der Waals surface area contributed by atoms with E-state index in [0.29, 0.717) is 38.0 Å². The molecule has 3 aliphatic heterocycles. The molecule has 0 aliphatic carbocycles. The highest BCUT2D eigenvalue weighted by Gasteiger charge is 2.39. The number of alkyl carbamates (subject to hydrolysis) is 2. The smallest absolute Gasteiger partial charge is 0.407 e. The van der Waals surface area contributed by atoms with Crippen molar-refractivity contribution in [2.24, 2.45) is 11.8 Å². The summed E-state index contributed by atoms with van der Waals surface area (Å²) in [5.41, 5.74) is 5.55. The third-order valence-corrected chi connectivity index (χ3v) is 13.2. The fourth-order valence-corrected chi connectivity index (χ4v) is 9.82. The summed E-state index contributed by atoms with van der Waals surface area (Å²) in [6.07, 6.45) is 5.54. The quantitative estimate of drug-likeness (QED) is 0.0965. The lowest BCUT2D eigenvalue weighted by atomic mass is 10.0. The van der Waals surface area contributed by atoms with E-state index in [-0.39, 0.29) is 35.7 Å². The summed E-state index contributed by atoms with van der Waals surface area (Å²) in [7, 11) is 2.58. The molecule has 8 rings (SSSR count). The number of amides is 4. The Morgan fingerprint density at radius 1 is 0.651 bits per heavy atom. The predicted octanol–water partition coefficient (Wildman–Crippen LogP) is 7.72. The Morgan fingerprint density at radius 2 is 1.03 bits per heavy atom. The van der Waals surface area contributed by atoms with Crippen molar-refractivity contribution < 1.29 is 38.1 Å². The molecule has 0 bridgehead atoms. The zero-order valence-corrected chi connectivity index (χ0v) is 37.2. The van der Waals surface area contributed by atoms with E-state index in [1.807, 2.05) is 52.0 Å². The van der Waals surface area contributed by atoms with E-state index in [1.165, 1.54) is 14.2 Å². The molecular formula is C46H54N8O8S. The molecule has 2 fully saturated rings. The third kappa shape index (κ3) is 8.83. The number of H-pyrrole nitrogens is 2. The first-order chi connectivity index (χ1) is 30.4. The second-order valence-electron chi connectivity index (χ2n) is 16.7. The summed E-state index contributed by atoms with van der Waals surface area (Å²) in [4.78, 5) is 73.2. The van der Waals surface area contributed by atoms with Gasteiger partial charge in [-0.1, -0.05) is 76.2 Å². The van der Waals surface area contributed by atoms with Gasteiger partial charge in [0.2, 0.25) is 11.8 Å². The van der Waals surface area contributed by atoms with Gasteiger partial charge in [0.1, 0.15) is 36.9 Å². The van der Waals surface area contributed by atoms with Crippen LogP contribution in [0.15, 0.2) is 60.9 Å². The van der Waals surface area contributed by atoms with Crippen molar-refractivity contribution in [1.29, 1.82) is 0 Å². The van der Waals surface area contributed by atoms with Gasteiger partial charge in [0.25, 0.3) is 0 Å². The Morgan fingerprint density at radius 3 is 1.40 bits per heavy atom. The summed E-state index contributed by atoms with van der Waals surface area (Å²) in [6, 6.07) is 14.6. The number of rotatable bonds is 12. The van der Waals surface area contributed by atoms with Crippen molar-refractivity contribution in [3.8, 4) is 54.9 Å². The highest BCUT2D eigenvalue weighted by Crippen LogP contribution is 2.53. The second kappa shape index (κ2) is 18.5. The average Bonchev–Trinajstić information content (AvgIpc) is 4.16. The molecule has 4 N–H and O–H groups in total. The van der Waals surface area contributed by atoms with Crippen molar-refractivity contribution in [1.82, 2.24) is 40.4 Å². The van der Waals surface area contributed by atoms with E-state index >= 15 is 0 Å². The van der Waals surface area contributed by atoms with Crippen molar-refractivity contribution >= 4 is 35.3 Å². The number of imidazole rings is 2. The van der Waals surface area contributed by atoms with Crippen LogP contribution >= 0.6 is 11.3 Å². The summed E-state index contributed by atoms with van der Waals surface area (Å²) in [5.74, 6) is 2.34. The van der Waals surface area contributed by atoms with E-state index in [4.69, 9.17) is 28.9 Å². The van der Waals surface area contributed by atoms with Gasteiger partial charge in [-0.2, -0.15) is 0 Å². The third-order valence-electron chi connectivity index (χ3n) is 12.0. The summed E-state index contributed by atoms with van der Waals surface area (Å²) in [6.45, 7) is 9.66. The fourth-order valence-electron chi connectivity index (χ4n) is 8.62. The number of carbonyl (C=O) groups excluding carboxylic acids is 4. The highest BCUT2D eigenvalue weighted by molar-refractivity contribution is 7.19. The number of nitrogens with one attached hydrogen (secondary N) is 4. The first kappa shape index (κ1) is 43.3. The van der Waals surface area contributed by atoms with Gasteiger partial charge in [-0.15, -0.1) is 11.3 Å². The van der Waals surface area contributed by atoms with Crippen LogP contribution in [0, 0.1) is 11.8 Å². The number of nitrogens with zero attached hydrogens (tertiary/aromatic N) is 4. The molecule has 4 atom stereocenters. The molecule has 6 heterocycles. The first-order valence-electron chi connectivity index (χ1n) is 21.5. The Kier molecular flexibility index (Phi) is 12.7. The Bertz CT molecular complexity index is 2280. The lowest BCUT2D eigenvalue weighted by Crippen LogP contribution is -2.51. The van der Waals surface area contributed by atoms with E-state index in [9.17, 15) is 19.2 Å². The number of hydrogen-bond acceptors (Lipinski definition) is 11. The van der Waals surface area contributed by atoms with Gasteiger partial charge in [0, 0.05) is 13.1 Å². The minimum Gasteiger partial charge on any atom is -0.485 e. The zero-order chi connectivity index (χ0) is 44.4.